The van der Waals surface area contributed by atoms with E-state index in [2.05, 4.69) is 11.8 Å². The number of nitrogens with two attached hydrogens (primary N) is 1. The first-order valence-electron chi connectivity index (χ1n) is 8.71. The summed E-state index contributed by atoms with van der Waals surface area (Å²) in [4.78, 5) is 14.1. The van der Waals surface area contributed by atoms with Crippen LogP contribution in [-0.2, 0) is 22.7 Å². The Balaban J connectivity index is 1.74. The first kappa shape index (κ1) is 16.8. The number of fused-ring (bicyclic) bond motifs is 2. The maximum Gasteiger partial charge on any atom is 0.225 e. The summed E-state index contributed by atoms with van der Waals surface area (Å²) in [5.41, 5.74) is 9.00. The van der Waals surface area contributed by atoms with Crippen LogP contribution >= 0.6 is 0 Å². The lowest BCUT2D eigenvalue weighted by Crippen LogP contribution is -2.41. The van der Waals surface area contributed by atoms with Crippen LogP contribution in [0.2, 0.25) is 0 Å². The van der Waals surface area contributed by atoms with Crippen LogP contribution in [0.1, 0.15) is 36.0 Å². The van der Waals surface area contributed by atoms with Crippen molar-refractivity contribution in [2.24, 2.45) is 5.73 Å². The molecule has 5 nitrogen and oxygen atoms in total. The zero-order valence-electron chi connectivity index (χ0n) is 14.6. The van der Waals surface area contributed by atoms with E-state index >= 15 is 0 Å². The van der Waals surface area contributed by atoms with Crippen LogP contribution in [0.3, 0.4) is 0 Å². The van der Waals surface area contributed by atoms with Gasteiger partial charge in [-0.25, -0.2) is 4.39 Å². The largest absolute Gasteiger partial charge is 0.467 e. The summed E-state index contributed by atoms with van der Waals surface area (Å²) in [5, 5.41) is 0. The highest BCUT2D eigenvalue weighted by atomic mass is 19.1. The number of benzene rings is 2. The molecule has 4 rings (SSSR count). The number of hydrogen-bond acceptors (Lipinski definition) is 4. The average Bonchev–Trinajstić information content (AvgIpc) is 2.63. The minimum Gasteiger partial charge on any atom is -0.467 e. The van der Waals surface area contributed by atoms with Crippen molar-refractivity contribution in [2.75, 3.05) is 11.7 Å². The Kier molecular flexibility index (Phi) is 4.28. The summed E-state index contributed by atoms with van der Waals surface area (Å²) in [6.45, 7) is 3.06. The molecular formula is C20H21FN2O3. The summed E-state index contributed by atoms with van der Waals surface area (Å²) in [6.07, 6.45) is 0.633. The summed E-state index contributed by atoms with van der Waals surface area (Å²) >= 11 is 0. The SMILES string of the molecule is C[C@H]1C[C@H](C(N)=O)c2ccccc2N1Cc1cc(F)cc2c1OCOC2. The smallest absolute Gasteiger partial charge is 0.225 e. The molecule has 0 fully saturated rings. The lowest BCUT2D eigenvalue weighted by atomic mass is 9.85. The molecule has 136 valence electrons. The van der Waals surface area contributed by atoms with Crippen LogP contribution in [0.15, 0.2) is 36.4 Å². The van der Waals surface area contributed by atoms with Gasteiger partial charge in [0.25, 0.3) is 0 Å². The van der Waals surface area contributed by atoms with E-state index in [9.17, 15) is 9.18 Å². The molecule has 0 bridgehead atoms. The first-order chi connectivity index (χ1) is 12.5. The fraction of sp³-hybridized carbons (Fsp3) is 0.350. The zero-order valence-corrected chi connectivity index (χ0v) is 14.6. The van der Waals surface area contributed by atoms with E-state index in [4.69, 9.17) is 15.2 Å². The molecule has 0 spiro atoms. The van der Waals surface area contributed by atoms with E-state index in [-0.39, 0.29) is 30.5 Å². The van der Waals surface area contributed by atoms with Crippen LogP contribution in [0.25, 0.3) is 0 Å². The van der Waals surface area contributed by atoms with Crippen molar-refractivity contribution < 1.29 is 18.7 Å². The monoisotopic (exact) mass is 356 g/mol. The molecule has 0 saturated carbocycles. The zero-order chi connectivity index (χ0) is 18.3. The fourth-order valence-electron chi connectivity index (χ4n) is 3.94. The van der Waals surface area contributed by atoms with Crippen molar-refractivity contribution in [3.63, 3.8) is 0 Å². The molecular weight excluding hydrogens is 335 g/mol. The van der Waals surface area contributed by atoms with Gasteiger partial charge in [-0.1, -0.05) is 18.2 Å². The number of nitrogens with zero attached hydrogens (tertiary/aromatic N) is 1. The molecule has 0 aromatic heterocycles. The molecule has 0 aliphatic carbocycles. The number of anilines is 1. The Bertz CT molecular complexity index is 855. The van der Waals surface area contributed by atoms with Gasteiger partial charge >= 0.3 is 0 Å². The fourth-order valence-corrected chi connectivity index (χ4v) is 3.94. The molecule has 2 heterocycles. The number of hydrogen-bond donors (Lipinski definition) is 1. The molecule has 0 unspecified atom stereocenters. The van der Waals surface area contributed by atoms with Crippen LogP contribution in [0.5, 0.6) is 5.75 Å². The molecule has 2 aliphatic rings. The Hall–Kier alpha value is -2.60. The Morgan fingerprint density at radius 1 is 1.35 bits per heavy atom. The summed E-state index contributed by atoms with van der Waals surface area (Å²) in [6, 6.07) is 10.8. The van der Waals surface area contributed by atoms with Gasteiger partial charge in [-0.2, -0.15) is 0 Å². The van der Waals surface area contributed by atoms with Gasteiger partial charge in [0.05, 0.1) is 12.5 Å². The van der Waals surface area contributed by atoms with E-state index in [0.29, 0.717) is 25.3 Å². The molecule has 2 aliphatic heterocycles. The Labute approximate surface area is 151 Å². The predicted octanol–water partition coefficient (Wildman–Crippen LogP) is 3.06. The van der Waals surface area contributed by atoms with Gasteiger partial charge in [-0.3, -0.25) is 4.79 Å². The van der Waals surface area contributed by atoms with Gasteiger partial charge in [0.1, 0.15) is 11.6 Å². The van der Waals surface area contributed by atoms with E-state index in [0.717, 1.165) is 22.4 Å². The quantitative estimate of drug-likeness (QED) is 0.918. The van der Waals surface area contributed by atoms with Crippen LogP contribution in [0.4, 0.5) is 10.1 Å². The van der Waals surface area contributed by atoms with Crippen molar-refractivity contribution in [3.05, 3.63) is 58.9 Å². The van der Waals surface area contributed by atoms with Gasteiger partial charge < -0.3 is 20.1 Å². The number of amides is 1. The van der Waals surface area contributed by atoms with Crippen molar-refractivity contribution in [1.29, 1.82) is 0 Å². The average molecular weight is 356 g/mol. The Morgan fingerprint density at radius 2 is 2.15 bits per heavy atom. The predicted molar refractivity (Wildman–Crippen MR) is 95.3 cm³/mol. The highest BCUT2D eigenvalue weighted by molar-refractivity contribution is 5.85. The van der Waals surface area contributed by atoms with Gasteiger partial charge in [-0.05, 0) is 37.1 Å². The number of rotatable bonds is 3. The molecule has 26 heavy (non-hydrogen) atoms. The van der Waals surface area contributed by atoms with Crippen LogP contribution in [-0.4, -0.2) is 18.7 Å². The first-order valence-corrected chi connectivity index (χ1v) is 8.71. The van der Waals surface area contributed by atoms with Gasteiger partial charge in [0, 0.05) is 29.4 Å². The van der Waals surface area contributed by atoms with Gasteiger partial charge in [-0.15, -0.1) is 0 Å². The van der Waals surface area contributed by atoms with Crippen molar-refractivity contribution in [1.82, 2.24) is 0 Å². The normalized spacial score (nSPS) is 21.5. The maximum atomic E-state index is 14.1. The molecule has 6 heteroatoms. The van der Waals surface area contributed by atoms with Gasteiger partial charge in [0.15, 0.2) is 6.79 Å². The van der Waals surface area contributed by atoms with Crippen molar-refractivity contribution >= 4 is 11.6 Å². The van der Waals surface area contributed by atoms with Gasteiger partial charge in [0.2, 0.25) is 5.91 Å². The number of carbonyl (C=O) groups excluding carboxylic acids is 1. The topological polar surface area (TPSA) is 64.8 Å². The summed E-state index contributed by atoms with van der Waals surface area (Å²) in [5.74, 6) is -0.226. The summed E-state index contributed by atoms with van der Waals surface area (Å²) in [7, 11) is 0. The lowest BCUT2D eigenvalue weighted by molar-refractivity contribution is -0.119. The van der Waals surface area contributed by atoms with E-state index in [1.54, 1.807) is 0 Å². The third-order valence-electron chi connectivity index (χ3n) is 5.17. The molecule has 0 radical (unpaired) electrons. The van der Waals surface area contributed by atoms with E-state index in [1.807, 2.05) is 24.3 Å². The standard InChI is InChI=1S/C20H21FN2O3/c1-12-6-17(20(22)24)16-4-2-3-5-18(16)23(12)9-13-7-15(21)8-14-10-25-11-26-19(13)14/h2-5,7-8,12,17H,6,9-11H2,1H3,(H2,22,24)/t12-,17-/m0/s1. The number of primary amides is 1. The minimum absolute atomic E-state index is 0.0844. The van der Waals surface area contributed by atoms with E-state index < -0.39 is 0 Å². The minimum atomic E-state index is -0.312. The highest BCUT2D eigenvalue weighted by Crippen LogP contribution is 2.40. The number of ether oxygens (including phenoxy) is 2. The van der Waals surface area contributed by atoms with Crippen molar-refractivity contribution in [3.8, 4) is 5.75 Å². The van der Waals surface area contributed by atoms with Crippen LogP contribution in [0, 0.1) is 5.82 Å². The van der Waals surface area contributed by atoms with E-state index in [1.165, 1.54) is 12.1 Å². The lowest BCUT2D eigenvalue weighted by Gasteiger charge is -2.40. The molecule has 2 N–H and O–H groups in total. The van der Waals surface area contributed by atoms with Crippen LogP contribution < -0.4 is 15.4 Å². The second-order valence-electron chi connectivity index (χ2n) is 6.89. The number of carbonyl (C=O) groups is 1. The Morgan fingerprint density at radius 3 is 2.96 bits per heavy atom. The second-order valence-corrected chi connectivity index (χ2v) is 6.89. The third-order valence-corrected chi connectivity index (χ3v) is 5.17. The molecule has 1 amide bonds. The highest BCUT2D eigenvalue weighted by Gasteiger charge is 2.33. The second kappa shape index (κ2) is 6.61. The third kappa shape index (κ3) is 2.90. The number of halogens is 1. The summed E-state index contributed by atoms with van der Waals surface area (Å²) < 4.78 is 25.0. The number of para-hydroxylation sites is 1. The van der Waals surface area contributed by atoms with Crippen molar-refractivity contribution in [2.45, 2.75) is 38.5 Å². The molecule has 2 atom stereocenters. The maximum absolute atomic E-state index is 14.1. The molecule has 2 aromatic carbocycles. The molecule has 0 saturated heterocycles. The molecule has 2 aromatic rings.